The second kappa shape index (κ2) is 6.14. The Balaban J connectivity index is 1.67. The van der Waals surface area contributed by atoms with E-state index in [1.54, 1.807) is 12.1 Å². The molecule has 112 valence electrons. The number of hydrogen-bond donors (Lipinski definition) is 0. The normalized spacial score (nSPS) is 16.4. The fourth-order valence-corrected chi connectivity index (χ4v) is 3.05. The van der Waals surface area contributed by atoms with Crippen molar-refractivity contribution in [3.05, 3.63) is 65.7 Å². The van der Waals surface area contributed by atoms with Crippen molar-refractivity contribution in [1.29, 1.82) is 0 Å². The number of hydrogen-bond acceptors (Lipinski definition) is 2. The Morgan fingerprint density at radius 2 is 1.68 bits per heavy atom. The summed E-state index contributed by atoms with van der Waals surface area (Å²) in [6.45, 7) is 2.05. The van der Waals surface area contributed by atoms with Crippen LogP contribution in [-0.4, -0.2) is 17.7 Å². The number of benzene rings is 2. The van der Waals surface area contributed by atoms with Crippen LogP contribution < -0.4 is 4.90 Å². The second-order valence-corrected chi connectivity index (χ2v) is 5.73. The van der Waals surface area contributed by atoms with Gasteiger partial charge in [-0.1, -0.05) is 48.5 Å². The first-order valence-corrected chi connectivity index (χ1v) is 7.65. The predicted octanol–water partition coefficient (Wildman–Crippen LogP) is 3.63. The molecule has 1 amide bonds. The van der Waals surface area contributed by atoms with Crippen LogP contribution in [0.15, 0.2) is 54.6 Å². The van der Waals surface area contributed by atoms with Gasteiger partial charge in [0.15, 0.2) is 5.78 Å². The number of amides is 1. The second-order valence-electron chi connectivity index (χ2n) is 5.73. The smallest absolute Gasteiger partial charge is 0.227 e. The quantitative estimate of drug-likeness (QED) is 0.807. The summed E-state index contributed by atoms with van der Waals surface area (Å²) in [5.74, 6) is 0.0517. The topological polar surface area (TPSA) is 37.4 Å². The van der Waals surface area contributed by atoms with Gasteiger partial charge in [-0.3, -0.25) is 9.59 Å². The molecular weight excluding hydrogens is 274 g/mol. The molecular formula is C19H19NO2. The van der Waals surface area contributed by atoms with Gasteiger partial charge >= 0.3 is 0 Å². The summed E-state index contributed by atoms with van der Waals surface area (Å²) < 4.78 is 0. The summed E-state index contributed by atoms with van der Waals surface area (Å²) in [5, 5.41) is 0. The number of rotatable bonds is 4. The zero-order valence-corrected chi connectivity index (χ0v) is 12.7. The molecule has 0 radical (unpaired) electrons. The zero-order valence-electron chi connectivity index (χ0n) is 12.7. The molecule has 1 heterocycles. The van der Waals surface area contributed by atoms with E-state index in [9.17, 15) is 9.59 Å². The van der Waals surface area contributed by atoms with Crippen molar-refractivity contribution in [1.82, 2.24) is 0 Å². The summed E-state index contributed by atoms with van der Waals surface area (Å²) in [7, 11) is 0. The zero-order chi connectivity index (χ0) is 15.5. The standard InChI is InChI=1S/C19H19NO2/c1-14-13-16-9-5-6-10-17(16)20(14)19(22)12-11-18(21)15-7-3-2-4-8-15/h2-10,14H,11-13H2,1H3/t14-/m1/s1. The highest BCUT2D eigenvalue weighted by molar-refractivity contribution is 6.01. The first kappa shape index (κ1) is 14.5. The van der Waals surface area contributed by atoms with Gasteiger partial charge in [-0.05, 0) is 25.0 Å². The molecule has 0 fully saturated rings. The van der Waals surface area contributed by atoms with E-state index in [4.69, 9.17) is 0 Å². The van der Waals surface area contributed by atoms with Crippen LogP contribution in [0.1, 0.15) is 35.7 Å². The molecule has 1 aliphatic heterocycles. The highest BCUT2D eigenvalue weighted by Crippen LogP contribution is 2.32. The molecule has 0 saturated heterocycles. The number of ketones is 1. The largest absolute Gasteiger partial charge is 0.309 e. The van der Waals surface area contributed by atoms with Crippen LogP contribution in [0.3, 0.4) is 0 Å². The van der Waals surface area contributed by atoms with Crippen molar-refractivity contribution in [2.75, 3.05) is 4.90 Å². The minimum atomic E-state index is 0.0223. The summed E-state index contributed by atoms with van der Waals surface area (Å²) in [6, 6.07) is 17.3. The molecule has 1 aliphatic rings. The Morgan fingerprint density at radius 3 is 2.45 bits per heavy atom. The van der Waals surface area contributed by atoms with Crippen molar-refractivity contribution in [2.24, 2.45) is 0 Å². The highest BCUT2D eigenvalue weighted by atomic mass is 16.2. The lowest BCUT2D eigenvalue weighted by Crippen LogP contribution is -2.35. The number of carbonyl (C=O) groups is 2. The van der Waals surface area contributed by atoms with Crippen molar-refractivity contribution < 1.29 is 9.59 Å². The number of nitrogens with zero attached hydrogens (tertiary/aromatic N) is 1. The van der Waals surface area contributed by atoms with Gasteiger partial charge in [0.25, 0.3) is 0 Å². The van der Waals surface area contributed by atoms with E-state index >= 15 is 0 Å². The molecule has 2 aromatic carbocycles. The van der Waals surface area contributed by atoms with Crippen molar-refractivity contribution in [2.45, 2.75) is 32.2 Å². The van der Waals surface area contributed by atoms with Crippen LogP contribution in [-0.2, 0) is 11.2 Å². The third-order valence-electron chi connectivity index (χ3n) is 4.14. The predicted molar refractivity (Wildman–Crippen MR) is 87.1 cm³/mol. The van der Waals surface area contributed by atoms with Crippen LogP contribution in [0, 0.1) is 0 Å². The molecule has 3 nitrogen and oxygen atoms in total. The molecule has 0 aromatic heterocycles. The van der Waals surface area contributed by atoms with E-state index in [-0.39, 0.29) is 30.6 Å². The fourth-order valence-electron chi connectivity index (χ4n) is 3.05. The molecule has 22 heavy (non-hydrogen) atoms. The van der Waals surface area contributed by atoms with E-state index in [0.717, 1.165) is 12.1 Å². The molecule has 0 saturated carbocycles. The monoisotopic (exact) mass is 293 g/mol. The van der Waals surface area contributed by atoms with Crippen LogP contribution in [0.25, 0.3) is 0 Å². The summed E-state index contributed by atoms with van der Waals surface area (Å²) in [4.78, 5) is 26.5. The molecule has 0 spiro atoms. The van der Waals surface area contributed by atoms with E-state index in [1.165, 1.54) is 5.56 Å². The highest BCUT2D eigenvalue weighted by Gasteiger charge is 2.30. The average molecular weight is 293 g/mol. The summed E-state index contributed by atoms with van der Waals surface area (Å²) in [6.07, 6.45) is 1.40. The molecule has 3 rings (SSSR count). The Morgan fingerprint density at radius 1 is 1.00 bits per heavy atom. The minimum absolute atomic E-state index is 0.0223. The average Bonchev–Trinajstić information content (AvgIpc) is 2.89. The molecule has 2 aromatic rings. The maximum Gasteiger partial charge on any atom is 0.227 e. The third kappa shape index (κ3) is 2.80. The first-order chi connectivity index (χ1) is 10.7. The number of Topliss-reactive ketones (excluding diaryl/α,β-unsaturated/α-hetero) is 1. The fraction of sp³-hybridized carbons (Fsp3) is 0.263. The molecule has 0 bridgehead atoms. The van der Waals surface area contributed by atoms with Crippen LogP contribution in [0.2, 0.25) is 0 Å². The van der Waals surface area contributed by atoms with Gasteiger partial charge < -0.3 is 4.90 Å². The van der Waals surface area contributed by atoms with E-state index in [2.05, 4.69) is 13.0 Å². The minimum Gasteiger partial charge on any atom is -0.309 e. The Bertz CT molecular complexity index is 694. The van der Waals surface area contributed by atoms with E-state index in [0.29, 0.717) is 5.56 Å². The SMILES string of the molecule is C[C@@H]1Cc2ccccc2N1C(=O)CCC(=O)c1ccccc1. The molecule has 3 heteroatoms. The van der Waals surface area contributed by atoms with Crippen LogP contribution in [0.4, 0.5) is 5.69 Å². The molecule has 0 N–H and O–H groups in total. The number of carbonyl (C=O) groups excluding carboxylic acids is 2. The van der Waals surface area contributed by atoms with E-state index in [1.807, 2.05) is 41.3 Å². The molecule has 1 atom stereocenters. The first-order valence-electron chi connectivity index (χ1n) is 7.65. The lowest BCUT2D eigenvalue weighted by Gasteiger charge is -2.22. The number of fused-ring (bicyclic) bond motifs is 1. The van der Waals surface area contributed by atoms with Gasteiger partial charge in [0.2, 0.25) is 5.91 Å². The van der Waals surface area contributed by atoms with Crippen molar-refractivity contribution in [3.63, 3.8) is 0 Å². The number of anilines is 1. The summed E-state index contributed by atoms with van der Waals surface area (Å²) >= 11 is 0. The van der Waals surface area contributed by atoms with Gasteiger partial charge in [0.1, 0.15) is 0 Å². The maximum atomic E-state index is 12.5. The number of para-hydroxylation sites is 1. The van der Waals surface area contributed by atoms with E-state index < -0.39 is 0 Å². The Labute approximate surface area is 130 Å². The van der Waals surface area contributed by atoms with Gasteiger partial charge in [-0.2, -0.15) is 0 Å². The van der Waals surface area contributed by atoms with Crippen molar-refractivity contribution >= 4 is 17.4 Å². The summed E-state index contributed by atoms with van der Waals surface area (Å²) in [5.41, 5.74) is 2.87. The van der Waals surface area contributed by atoms with Crippen LogP contribution >= 0.6 is 0 Å². The Hall–Kier alpha value is -2.42. The van der Waals surface area contributed by atoms with Gasteiger partial charge in [-0.15, -0.1) is 0 Å². The lowest BCUT2D eigenvalue weighted by molar-refractivity contribution is -0.118. The van der Waals surface area contributed by atoms with Gasteiger partial charge in [0, 0.05) is 30.1 Å². The molecule has 0 unspecified atom stereocenters. The van der Waals surface area contributed by atoms with Gasteiger partial charge in [0.05, 0.1) is 0 Å². The van der Waals surface area contributed by atoms with Crippen LogP contribution in [0.5, 0.6) is 0 Å². The molecule has 0 aliphatic carbocycles. The van der Waals surface area contributed by atoms with Gasteiger partial charge in [-0.25, -0.2) is 0 Å². The Kier molecular flexibility index (Phi) is 4.05. The lowest BCUT2D eigenvalue weighted by atomic mass is 10.1. The van der Waals surface area contributed by atoms with Crippen molar-refractivity contribution in [3.8, 4) is 0 Å². The third-order valence-corrected chi connectivity index (χ3v) is 4.14. The maximum absolute atomic E-state index is 12.5.